The summed E-state index contributed by atoms with van der Waals surface area (Å²) in [5.74, 6) is 0.0893. The van der Waals surface area contributed by atoms with Crippen LogP contribution in [-0.2, 0) is 11.0 Å². The van der Waals surface area contributed by atoms with E-state index in [0.717, 1.165) is 38.2 Å². The van der Waals surface area contributed by atoms with Crippen molar-refractivity contribution in [3.8, 4) is 0 Å². The van der Waals surface area contributed by atoms with Gasteiger partial charge in [-0.3, -0.25) is 4.79 Å². The first-order valence-corrected chi connectivity index (χ1v) is 6.49. The van der Waals surface area contributed by atoms with Gasteiger partial charge in [-0.2, -0.15) is 13.2 Å². The number of amides is 1. The maximum Gasteiger partial charge on any atom is 0.433 e. The van der Waals surface area contributed by atoms with E-state index >= 15 is 0 Å². The van der Waals surface area contributed by atoms with Gasteiger partial charge in [-0.15, -0.1) is 0 Å². The molecule has 0 spiro atoms. The summed E-state index contributed by atoms with van der Waals surface area (Å²) in [6.07, 6.45) is -1.03. The first kappa shape index (κ1) is 14.8. The number of piperidine rings is 1. The largest absolute Gasteiger partial charge is 0.433 e. The normalized spacial score (nSPS) is 19.6. The van der Waals surface area contributed by atoms with E-state index in [1.54, 1.807) is 0 Å². The van der Waals surface area contributed by atoms with E-state index in [2.05, 4.69) is 15.6 Å². The number of carbonyl (C=O) groups is 1. The molecule has 4 nitrogen and oxygen atoms in total. The minimum atomic E-state index is -4.46. The summed E-state index contributed by atoms with van der Waals surface area (Å²) >= 11 is 0. The molecule has 1 aliphatic heterocycles. The van der Waals surface area contributed by atoms with Crippen LogP contribution in [0.5, 0.6) is 0 Å². The van der Waals surface area contributed by atoms with Gasteiger partial charge in [-0.25, -0.2) is 4.98 Å². The smallest absolute Gasteiger partial charge is 0.325 e. The van der Waals surface area contributed by atoms with Crippen LogP contribution in [0, 0.1) is 5.92 Å². The number of anilines is 1. The van der Waals surface area contributed by atoms with Crippen LogP contribution in [0.1, 0.15) is 25.0 Å². The number of pyridine rings is 1. The molecule has 1 aromatic rings. The van der Waals surface area contributed by atoms with E-state index in [-0.39, 0.29) is 17.5 Å². The quantitative estimate of drug-likeness (QED) is 0.897. The van der Waals surface area contributed by atoms with Crippen molar-refractivity contribution < 1.29 is 18.0 Å². The molecule has 1 atom stereocenters. The lowest BCUT2D eigenvalue weighted by molar-refractivity contribution is -0.141. The Morgan fingerprint density at radius 3 is 2.80 bits per heavy atom. The van der Waals surface area contributed by atoms with E-state index in [4.69, 9.17) is 0 Å². The maximum absolute atomic E-state index is 12.3. The highest BCUT2D eigenvalue weighted by Crippen LogP contribution is 2.27. The Labute approximate surface area is 114 Å². The lowest BCUT2D eigenvalue weighted by Crippen LogP contribution is -2.32. The highest BCUT2D eigenvalue weighted by Gasteiger charge is 2.32. The highest BCUT2D eigenvalue weighted by atomic mass is 19.4. The summed E-state index contributed by atoms with van der Waals surface area (Å²) < 4.78 is 37.0. The standard InChI is InChI=1S/C13H16F3N3O/c14-13(15,16)11-4-3-10(8-18-11)19-12(20)6-9-2-1-5-17-7-9/h3-4,8-9,17H,1-2,5-7H2,(H,19,20). The molecule has 1 unspecified atom stereocenters. The molecule has 1 aromatic heterocycles. The molecule has 1 fully saturated rings. The molecule has 0 aromatic carbocycles. The lowest BCUT2D eigenvalue weighted by atomic mass is 9.96. The van der Waals surface area contributed by atoms with Crippen molar-refractivity contribution in [3.05, 3.63) is 24.0 Å². The fourth-order valence-corrected chi connectivity index (χ4v) is 2.21. The van der Waals surface area contributed by atoms with E-state index in [0.29, 0.717) is 6.42 Å². The zero-order valence-electron chi connectivity index (χ0n) is 10.8. The SMILES string of the molecule is O=C(CC1CCCNC1)Nc1ccc(C(F)(F)F)nc1. The molecule has 20 heavy (non-hydrogen) atoms. The Balaban J connectivity index is 1.87. The monoisotopic (exact) mass is 287 g/mol. The van der Waals surface area contributed by atoms with Crippen molar-refractivity contribution in [2.24, 2.45) is 5.92 Å². The van der Waals surface area contributed by atoms with Gasteiger partial charge in [0.05, 0.1) is 11.9 Å². The second kappa shape index (κ2) is 6.21. The van der Waals surface area contributed by atoms with E-state index < -0.39 is 11.9 Å². The van der Waals surface area contributed by atoms with Crippen molar-refractivity contribution in [2.75, 3.05) is 18.4 Å². The second-order valence-electron chi connectivity index (χ2n) is 4.89. The van der Waals surface area contributed by atoms with Gasteiger partial charge in [0.2, 0.25) is 5.91 Å². The Bertz CT molecular complexity index is 453. The number of nitrogens with zero attached hydrogens (tertiary/aromatic N) is 1. The first-order chi connectivity index (χ1) is 9.45. The molecular formula is C13H16F3N3O. The van der Waals surface area contributed by atoms with Gasteiger partial charge in [0.15, 0.2) is 0 Å². The van der Waals surface area contributed by atoms with E-state index in [1.807, 2.05) is 0 Å². The number of nitrogens with one attached hydrogen (secondary N) is 2. The zero-order valence-corrected chi connectivity index (χ0v) is 10.8. The first-order valence-electron chi connectivity index (χ1n) is 6.49. The fourth-order valence-electron chi connectivity index (χ4n) is 2.21. The molecule has 7 heteroatoms. The highest BCUT2D eigenvalue weighted by molar-refractivity contribution is 5.90. The van der Waals surface area contributed by atoms with Crippen molar-refractivity contribution in [1.82, 2.24) is 10.3 Å². The summed E-state index contributed by atoms with van der Waals surface area (Å²) in [6.45, 7) is 1.78. The van der Waals surface area contributed by atoms with Gasteiger partial charge in [0.1, 0.15) is 5.69 Å². The van der Waals surface area contributed by atoms with Crippen LogP contribution in [0.4, 0.5) is 18.9 Å². The summed E-state index contributed by atoms with van der Waals surface area (Å²) in [4.78, 5) is 15.1. The zero-order chi connectivity index (χ0) is 14.6. The van der Waals surface area contributed by atoms with Crippen molar-refractivity contribution in [2.45, 2.75) is 25.4 Å². The van der Waals surface area contributed by atoms with Crippen LogP contribution in [0.3, 0.4) is 0 Å². The second-order valence-corrected chi connectivity index (χ2v) is 4.89. The van der Waals surface area contributed by atoms with Gasteiger partial charge in [0, 0.05) is 6.42 Å². The number of alkyl halides is 3. The molecule has 0 aliphatic carbocycles. The Morgan fingerprint density at radius 1 is 1.45 bits per heavy atom. The van der Waals surface area contributed by atoms with Crippen molar-refractivity contribution >= 4 is 11.6 Å². The Morgan fingerprint density at radius 2 is 2.25 bits per heavy atom. The number of hydrogen-bond donors (Lipinski definition) is 2. The Hall–Kier alpha value is -1.63. The van der Waals surface area contributed by atoms with Crippen LogP contribution in [0.25, 0.3) is 0 Å². The van der Waals surface area contributed by atoms with Crippen LogP contribution in [0.2, 0.25) is 0 Å². The van der Waals surface area contributed by atoms with Crippen molar-refractivity contribution in [1.29, 1.82) is 0 Å². The van der Waals surface area contributed by atoms with Gasteiger partial charge in [0.25, 0.3) is 0 Å². The molecule has 110 valence electrons. The summed E-state index contributed by atoms with van der Waals surface area (Å²) in [7, 11) is 0. The van der Waals surface area contributed by atoms with Crippen molar-refractivity contribution in [3.63, 3.8) is 0 Å². The van der Waals surface area contributed by atoms with Crippen LogP contribution in [0.15, 0.2) is 18.3 Å². The van der Waals surface area contributed by atoms with Gasteiger partial charge in [-0.05, 0) is 44.0 Å². The van der Waals surface area contributed by atoms with Gasteiger partial charge < -0.3 is 10.6 Å². The molecule has 0 radical (unpaired) electrons. The summed E-state index contributed by atoms with van der Waals surface area (Å²) in [5.41, 5.74) is -0.682. The molecule has 1 aliphatic rings. The maximum atomic E-state index is 12.3. The van der Waals surface area contributed by atoms with Crippen LogP contribution >= 0.6 is 0 Å². The molecule has 2 heterocycles. The average Bonchev–Trinajstić information content (AvgIpc) is 2.39. The predicted molar refractivity (Wildman–Crippen MR) is 68.1 cm³/mol. The number of aromatic nitrogens is 1. The Kier molecular flexibility index (Phi) is 4.59. The third-order valence-electron chi connectivity index (χ3n) is 3.21. The number of hydrogen-bond acceptors (Lipinski definition) is 3. The average molecular weight is 287 g/mol. The fraction of sp³-hybridized carbons (Fsp3) is 0.538. The molecule has 0 bridgehead atoms. The third kappa shape index (κ3) is 4.19. The molecule has 1 amide bonds. The van der Waals surface area contributed by atoms with Crippen LogP contribution in [-0.4, -0.2) is 24.0 Å². The number of halogens is 3. The van der Waals surface area contributed by atoms with E-state index in [9.17, 15) is 18.0 Å². The third-order valence-corrected chi connectivity index (χ3v) is 3.21. The summed E-state index contributed by atoms with van der Waals surface area (Å²) in [6, 6.07) is 2.07. The number of rotatable bonds is 3. The minimum absolute atomic E-state index is 0.194. The number of carbonyl (C=O) groups excluding carboxylic acids is 1. The minimum Gasteiger partial charge on any atom is -0.325 e. The molecule has 2 rings (SSSR count). The summed E-state index contributed by atoms with van der Waals surface area (Å²) in [5, 5.41) is 5.78. The lowest BCUT2D eigenvalue weighted by Gasteiger charge is -2.22. The molecule has 1 saturated heterocycles. The van der Waals surface area contributed by atoms with Crippen LogP contribution < -0.4 is 10.6 Å². The van der Waals surface area contributed by atoms with Gasteiger partial charge in [-0.1, -0.05) is 0 Å². The van der Waals surface area contributed by atoms with Gasteiger partial charge >= 0.3 is 6.18 Å². The molecule has 0 saturated carbocycles. The molecule has 2 N–H and O–H groups in total. The topological polar surface area (TPSA) is 54.0 Å². The molecular weight excluding hydrogens is 271 g/mol. The van der Waals surface area contributed by atoms with E-state index in [1.165, 1.54) is 6.07 Å². The predicted octanol–water partition coefficient (Wildman–Crippen LogP) is 2.43.